The minimum Gasteiger partial charge on any atom is -0.480 e. The SMILES string of the molecule is CC(C)(C)OC(=O)C[C@H](NC(=O)c1ccc(Cl)o1)C(=O)O. The molecule has 0 aliphatic carbocycles. The molecule has 1 rings (SSSR count). The highest BCUT2D eigenvalue weighted by Crippen LogP contribution is 2.14. The molecule has 0 unspecified atom stereocenters. The lowest BCUT2D eigenvalue weighted by atomic mass is 10.1. The number of aliphatic carboxylic acids is 1. The van der Waals surface area contributed by atoms with Gasteiger partial charge in [0.1, 0.15) is 11.6 Å². The molecule has 7 nitrogen and oxygen atoms in total. The van der Waals surface area contributed by atoms with E-state index < -0.39 is 35.9 Å². The molecule has 1 atom stereocenters. The molecule has 0 aliphatic heterocycles. The molecule has 0 aromatic carbocycles. The maximum atomic E-state index is 11.8. The van der Waals surface area contributed by atoms with Crippen LogP contribution in [0.1, 0.15) is 37.7 Å². The average Bonchev–Trinajstić information content (AvgIpc) is 2.72. The minimum absolute atomic E-state index is 0.000771. The number of amides is 1. The van der Waals surface area contributed by atoms with Crippen molar-refractivity contribution in [3.05, 3.63) is 23.1 Å². The van der Waals surface area contributed by atoms with Gasteiger partial charge in [-0.2, -0.15) is 0 Å². The van der Waals surface area contributed by atoms with Crippen LogP contribution in [-0.4, -0.2) is 34.6 Å². The summed E-state index contributed by atoms with van der Waals surface area (Å²) < 4.78 is 9.87. The Morgan fingerprint density at radius 1 is 1.38 bits per heavy atom. The fourth-order valence-electron chi connectivity index (χ4n) is 1.42. The number of carbonyl (C=O) groups excluding carboxylic acids is 2. The Kier molecular flexibility index (Phi) is 5.37. The highest BCUT2D eigenvalue weighted by molar-refractivity contribution is 6.29. The summed E-state index contributed by atoms with van der Waals surface area (Å²) in [6.45, 7) is 4.97. The third-order valence-electron chi connectivity index (χ3n) is 2.19. The van der Waals surface area contributed by atoms with E-state index in [0.29, 0.717) is 0 Å². The molecule has 0 radical (unpaired) electrons. The number of hydrogen-bond donors (Lipinski definition) is 2. The largest absolute Gasteiger partial charge is 0.480 e. The van der Waals surface area contributed by atoms with E-state index in [9.17, 15) is 14.4 Å². The van der Waals surface area contributed by atoms with Crippen molar-refractivity contribution < 1.29 is 28.6 Å². The van der Waals surface area contributed by atoms with Crippen LogP contribution in [0.2, 0.25) is 5.22 Å². The van der Waals surface area contributed by atoms with E-state index in [2.05, 4.69) is 5.32 Å². The van der Waals surface area contributed by atoms with Crippen LogP contribution < -0.4 is 5.32 Å². The number of carbonyl (C=O) groups is 3. The molecule has 116 valence electrons. The summed E-state index contributed by atoms with van der Waals surface area (Å²) in [6, 6.07) is 1.22. The van der Waals surface area contributed by atoms with Gasteiger partial charge in [-0.25, -0.2) is 4.79 Å². The Bertz CT molecular complexity index is 545. The Labute approximate surface area is 126 Å². The van der Waals surface area contributed by atoms with Gasteiger partial charge in [0.15, 0.2) is 11.0 Å². The van der Waals surface area contributed by atoms with E-state index in [0.717, 1.165) is 0 Å². The van der Waals surface area contributed by atoms with E-state index in [1.54, 1.807) is 20.8 Å². The van der Waals surface area contributed by atoms with Gasteiger partial charge < -0.3 is 19.6 Å². The molecule has 21 heavy (non-hydrogen) atoms. The van der Waals surface area contributed by atoms with E-state index in [1.807, 2.05) is 0 Å². The molecule has 0 aliphatic rings. The van der Waals surface area contributed by atoms with Crippen molar-refractivity contribution in [1.82, 2.24) is 5.32 Å². The number of esters is 1. The molecule has 0 saturated carbocycles. The van der Waals surface area contributed by atoms with Gasteiger partial charge >= 0.3 is 11.9 Å². The Morgan fingerprint density at radius 3 is 2.43 bits per heavy atom. The predicted molar refractivity (Wildman–Crippen MR) is 73.1 cm³/mol. The number of nitrogens with one attached hydrogen (secondary N) is 1. The topological polar surface area (TPSA) is 106 Å². The zero-order valence-electron chi connectivity index (χ0n) is 11.8. The van der Waals surface area contributed by atoms with E-state index in [1.165, 1.54) is 12.1 Å². The highest BCUT2D eigenvalue weighted by atomic mass is 35.5. The highest BCUT2D eigenvalue weighted by Gasteiger charge is 2.27. The second kappa shape index (κ2) is 6.62. The molecule has 1 aromatic rings. The smallest absolute Gasteiger partial charge is 0.326 e. The number of hydrogen-bond acceptors (Lipinski definition) is 5. The van der Waals surface area contributed by atoms with Crippen LogP contribution in [0.25, 0.3) is 0 Å². The second-order valence-corrected chi connectivity index (χ2v) is 5.63. The van der Waals surface area contributed by atoms with Crippen molar-refractivity contribution in [2.24, 2.45) is 0 Å². The summed E-state index contributed by atoms with van der Waals surface area (Å²) in [7, 11) is 0. The standard InChI is InChI=1S/C13H16ClNO6/c1-13(2,3)21-10(16)6-7(12(18)19)15-11(17)8-4-5-9(14)20-8/h4-5,7H,6H2,1-3H3,(H,15,17)(H,18,19)/t7-/m0/s1. The molecule has 1 aromatic heterocycles. The lowest BCUT2D eigenvalue weighted by Gasteiger charge is -2.21. The predicted octanol–water partition coefficient (Wildman–Crippen LogP) is 1.85. The number of carboxylic acid groups (broad SMARTS) is 1. The fraction of sp³-hybridized carbons (Fsp3) is 0.462. The van der Waals surface area contributed by atoms with E-state index in [-0.39, 0.29) is 11.0 Å². The van der Waals surface area contributed by atoms with Crippen molar-refractivity contribution in [3.8, 4) is 0 Å². The maximum absolute atomic E-state index is 11.8. The number of furan rings is 1. The molecule has 0 fully saturated rings. The monoisotopic (exact) mass is 317 g/mol. The number of ether oxygens (including phenoxy) is 1. The van der Waals surface area contributed by atoms with Gasteiger partial charge in [0.2, 0.25) is 0 Å². The summed E-state index contributed by atoms with van der Waals surface area (Å²) in [5, 5.41) is 11.2. The molecule has 1 heterocycles. The molecule has 1 amide bonds. The maximum Gasteiger partial charge on any atom is 0.326 e. The van der Waals surface area contributed by atoms with Crippen molar-refractivity contribution in [3.63, 3.8) is 0 Å². The van der Waals surface area contributed by atoms with Gasteiger partial charge in [0, 0.05) is 0 Å². The summed E-state index contributed by atoms with van der Waals surface area (Å²) in [6.07, 6.45) is -0.493. The summed E-state index contributed by atoms with van der Waals surface area (Å²) in [4.78, 5) is 34.5. The Morgan fingerprint density at radius 2 is 2.00 bits per heavy atom. The Hall–Kier alpha value is -2.02. The quantitative estimate of drug-likeness (QED) is 0.803. The zero-order chi connectivity index (χ0) is 16.2. The number of rotatable bonds is 5. The molecule has 0 bridgehead atoms. The lowest BCUT2D eigenvalue weighted by Crippen LogP contribution is -2.43. The van der Waals surface area contributed by atoms with E-state index in [4.69, 9.17) is 25.9 Å². The van der Waals surface area contributed by atoms with Gasteiger partial charge in [-0.3, -0.25) is 9.59 Å². The van der Waals surface area contributed by atoms with Gasteiger partial charge in [-0.1, -0.05) is 0 Å². The normalized spacial score (nSPS) is 12.6. The average molecular weight is 318 g/mol. The second-order valence-electron chi connectivity index (χ2n) is 5.26. The van der Waals surface area contributed by atoms with Crippen LogP contribution in [0.5, 0.6) is 0 Å². The first-order chi connectivity index (χ1) is 9.58. The molecule has 2 N–H and O–H groups in total. The molecular formula is C13H16ClNO6. The molecule has 0 saturated heterocycles. The van der Waals surface area contributed by atoms with Gasteiger partial charge in [0.25, 0.3) is 5.91 Å². The van der Waals surface area contributed by atoms with Gasteiger partial charge in [0.05, 0.1) is 6.42 Å². The summed E-state index contributed by atoms with van der Waals surface area (Å²) in [5.41, 5.74) is -0.737. The Balaban J connectivity index is 2.68. The van der Waals surface area contributed by atoms with Crippen LogP contribution in [0, 0.1) is 0 Å². The van der Waals surface area contributed by atoms with Crippen LogP contribution in [0.4, 0.5) is 0 Å². The third-order valence-corrected chi connectivity index (χ3v) is 2.39. The zero-order valence-corrected chi connectivity index (χ0v) is 12.6. The number of carboxylic acids is 1. The molecule has 0 spiro atoms. The van der Waals surface area contributed by atoms with Crippen molar-refractivity contribution >= 4 is 29.4 Å². The summed E-state index contributed by atoms with van der Waals surface area (Å²) >= 11 is 5.52. The molecular weight excluding hydrogens is 302 g/mol. The lowest BCUT2D eigenvalue weighted by molar-refractivity contribution is -0.158. The van der Waals surface area contributed by atoms with Crippen LogP contribution in [-0.2, 0) is 14.3 Å². The van der Waals surface area contributed by atoms with Gasteiger partial charge in [-0.05, 0) is 44.5 Å². The molecule has 8 heteroatoms. The van der Waals surface area contributed by atoms with Crippen molar-refractivity contribution in [2.45, 2.75) is 38.8 Å². The fourth-order valence-corrected chi connectivity index (χ4v) is 1.56. The first kappa shape index (κ1) is 17.0. The number of halogens is 1. The third kappa shape index (κ3) is 5.86. The van der Waals surface area contributed by atoms with Crippen LogP contribution >= 0.6 is 11.6 Å². The minimum atomic E-state index is -1.42. The van der Waals surface area contributed by atoms with Crippen molar-refractivity contribution in [2.75, 3.05) is 0 Å². The summed E-state index contributed by atoms with van der Waals surface area (Å²) in [5.74, 6) is -3.01. The van der Waals surface area contributed by atoms with Crippen molar-refractivity contribution in [1.29, 1.82) is 0 Å². The van der Waals surface area contributed by atoms with Crippen LogP contribution in [0.15, 0.2) is 16.5 Å². The first-order valence-electron chi connectivity index (χ1n) is 6.09. The van der Waals surface area contributed by atoms with Gasteiger partial charge in [-0.15, -0.1) is 0 Å². The first-order valence-corrected chi connectivity index (χ1v) is 6.47. The van der Waals surface area contributed by atoms with E-state index >= 15 is 0 Å². The van der Waals surface area contributed by atoms with Crippen LogP contribution in [0.3, 0.4) is 0 Å².